The second kappa shape index (κ2) is 8.73. The molecule has 0 bridgehead atoms. The van der Waals surface area contributed by atoms with Crippen molar-refractivity contribution >= 4 is 5.91 Å². The minimum absolute atomic E-state index is 0.133. The Morgan fingerprint density at radius 1 is 1.07 bits per heavy atom. The van der Waals surface area contributed by atoms with E-state index < -0.39 is 11.7 Å². The highest BCUT2D eigenvalue weighted by atomic mass is 19.4. The van der Waals surface area contributed by atoms with Gasteiger partial charge in [0.25, 0.3) is 0 Å². The molecule has 1 aromatic carbocycles. The van der Waals surface area contributed by atoms with Crippen LogP contribution in [0.2, 0.25) is 0 Å². The first kappa shape index (κ1) is 20.8. The van der Waals surface area contributed by atoms with Crippen molar-refractivity contribution in [2.75, 3.05) is 19.6 Å². The Hall–Kier alpha value is -2.45. The summed E-state index contributed by atoms with van der Waals surface area (Å²) in [6, 6.07) is 11.0. The van der Waals surface area contributed by atoms with E-state index in [0.29, 0.717) is 19.5 Å². The van der Waals surface area contributed by atoms with Crippen molar-refractivity contribution in [2.24, 2.45) is 0 Å². The smallest absolute Gasteiger partial charge is 0.341 e. The molecule has 2 aromatic rings. The highest BCUT2D eigenvalue weighted by Crippen LogP contribution is 2.30. The number of hydrogen-bond donors (Lipinski definition) is 2. The van der Waals surface area contributed by atoms with Gasteiger partial charge in [-0.2, -0.15) is 13.2 Å². The zero-order chi connectivity index (χ0) is 21.1. The molecule has 5 nitrogen and oxygen atoms in total. The molecule has 2 N–H and O–H groups in total. The lowest BCUT2D eigenvalue weighted by Crippen LogP contribution is -2.48. The zero-order valence-electron chi connectivity index (χ0n) is 16.6. The van der Waals surface area contributed by atoms with Gasteiger partial charge in [0.2, 0.25) is 5.91 Å². The molecule has 2 aliphatic heterocycles. The molecular weight excluding hydrogens is 393 g/mol. The second-order valence-corrected chi connectivity index (χ2v) is 7.94. The van der Waals surface area contributed by atoms with Crippen LogP contribution in [0.5, 0.6) is 0 Å². The number of hydrogen-bond acceptors (Lipinski definition) is 4. The van der Waals surface area contributed by atoms with Crippen LogP contribution in [0, 0.1) is 0 Å². The van der Waals surface area contributed by atoms with Gasteiger partial charge < -0.3 is 4.90 Å². The van der Waals surface area contributed by atoms with Crippen molar-refractivity contribution in [3.05, 3.63) is 65.0 Å². The molecule has 0 saturated carbocycles. The van der Waals surface area contributed by atoms with Crippen LogP contribution in [-0.2, 0) is 17.4 Å². The number of pyridine rings is 1. The molecule has 0 spiro atoms. The van der Waals surface area contributed by atoms with E-state index in [4.69, 9.17) is 4.98 Å². The van der Waals surface area contributed by atoms with Crippen molar-refractivity contribution < 1.29 is 18.0 Å². The van der Waals surface area contributed by atoms with E-state index in [1.807, 2.05) is 23.1 Å². The predicted octanol–water partition coefficient (Wildman–Crippen LogP) is 3.26. The molecule has 8 heteroatoms. The van der Waals surface area contributed by atoms with Crippen molar-refractivity contribution in [2.45, 2.75) is 43.8 Å². The maximum absolute atomic E-state index is 12.7. The Kier molecular flexibility index (Phi) is 6.06. The van der Waals surface area contributed by atoms with Crippen LogP contribution >= 0.6 is 0 Å². The molecule has 1 aromatic heterocycles. The number of likely N-dealkylation sites (tertiary alicyclic amines) is 1. The quantitative estimate of drug-likeness (QED) is 0.800. The van der Waals surface area contributed by atoms with Gasteiger partial charge >= 0.3 is 6.18 Å². The summed E-state index contributed by atoms with van der Waals surface area (Å²) in [7, 11) is 0. The maximum Gasteiger partial charge on any atom is 0.416 e. The fraction of sp³-hybridized carbons (Fsp3) is 0.455. The molecule has 2 saturated heterocycles. The third-order valence-electron chi connectivity index (χ3n) is 5.85. The van der Waals surface area contributed by atoms with Gasteiger partial charge in [0.1, 0.15) is 6.04 Å². The van der Waals surface area contributed by atoms with Gasteiger partial charge in [0, 0.05) is 43.4 Å². The maximum atomic E-state index is 12.7. The van der Waals surface area contributed by atoms with E-state index in [1.54, 1.807) is 0 Å². The molecule has 30 heavy (non-hydrogen) atoms. The van der Waals surface area contributed by atoms with Crippen LogP contribution in [0.15, 0.2) is 42.5 Å². The first-order valence-electron chi connectivity index (χ1n) is 10.3. The highest BCUT2D eigenvalue weighted by molar-refractivity contribution is 5.82. The van der Waals surface area contributed by atoms with E-state index in [0.717, 1.165) is 54.9 Å². The summed E-state index contributed by atoms with van der Waals surface area (Å²) in [5.41, 5.74) is 8.01. The summed E-state index contributed by atoms with van der Waals surface area (Å²) >= 11 is 0. The van der Waals surface area contributed by atoms with Crippen molar-refractivity contribution in [3.8, 4) is 0 Å². The van der Waals surface area contributed by atoms with Crippen molar-refractivity contribution in [1.82, 2.24) is 20.7 Å². The van der Waals surface area contributed by atoms with E-state index in [1.165, 1.54) is 12.1 Å². The molecule has 0 radical (unpaired) electrons. The molecule has 1 atom stereocenters. The SMILES string of the molecule is O=C(C1CCNN1)N1CCC(c2cccc(Cc3ccc(C(F)(F)F)cc3)n2)CC1. The Morgan fingerprint density at radius 3 is 2.43 bits per heavy atom. The van der Waals surface area contributed by atoms with E-state index in [2.05, 4.69) is 10.9 Å². The number of hydrazine groups is 1. The van der Waals surface area contributed by atoms with Gasteiger partial charge in [-0.1, -0.05) is 18.2 Å². The van der Waals surface area contributed by atoms with Crippen LogP contribution in [0.25, 0.3) is 0 Å². The lowest BCUT2D eigenvalue weighted by atomic mass is 9.92. The molecule has 1 amide bonds. The largest absolute Gasteiger partial charge is 0.416 e. The molecule has 4 rings (SSSR count). The summed E-state index contributed by atoms with van der Waals surface area (Å²) < 4.78 is 38.2. The lowest BCUT2D eigenvalue weighted by molar-refractivity contribution is -0.137. The number of aromatic nitrogens is 1. The number of alkyl halides is 3. The summed E-state index contributed by atoms with van der Waals surface area (Å²) in [5, 5.41) is 0. The van der Waals surface area contributed by atoms with Gasteiger partial charge in [-0.25, -0.2) is 5.43 Å². The first-order chi connectivity index (χ1) is 14.4. The highest BCUT2D eigenvalue weighted by Gasteiger charge is 2.31. The number of piperidine rings is 1. The normalized spacial score (nSPS) is 20.5. The number of nitrogens with zero attached hydrogens (tertiary/aromatic N) is 2. The molecule has 2 fully saturated rings. The number of amides is 1. The van der Waals surface area contributed by atoms with Crippen LogP contribution in [-0.4, -0.2) is 41.5 Å². The van der Waals surface area contributed by atoms with Gasteiger partial charge in [-0.15, -0.1) is 0 Å². The fourth-order valence-electron chi connectivity index (χ4n) is 4.13. The molecule has 2 aliphatic rings. The molecule has 160 valence electrons. The Balaban J connectivity index is 1.36. The number of rotatable bonds is 4. The van der Waals surface area contributed by atoms with E-state index in [9.17, 15) is 18.0 Å². The lowest BCUT2D eigenvalue weighted by Gasteiger charge is -2.33. The van der Waals surface area contributed by atoms with E-state index in [-0.39, 0.29) is 17.9 Å². The number of benzene rings is 1. The average molecular weight is 418 g/mol. The summed E-state index contributed by atoms with van der Waals surface area (Å²) in [5.74, 6) is 0.443. The van der Waals surface area contributed by atoms with Gasteiger partial charge in [-0.3, -0.25) is 15.2 Å². The summed E-state index contributed by atoms with van der Waals surface area (Å²) in [6.07, 6.45) is -1.29. The van der Waals surface area contributed by atoms with Crippen LogP contribution in [0.3, 0.4) is 0 Å². The molecule has 3 heterocycles. The first-order valence-corrected chi connectivity index (χ1v) is 10.3. The minimum Gasteiger partial charge on any atom is -0.341 e. The Labute approximate surface area is 173 Å². The molecule has 0 aliphatic carbocycles. The predicted molar refractivity (Wildman–Crippen MR) is 107 cm³/mol. The third kappa shape index (κ3) is 4.82. The number of carbonyl (C=O) groups is 1. The average Bonchev–Trinajstić information content (AvgIpc) is 3.28. The van der Waals surface area contributed by atoms with Crippen LogP contribution in [0.1, 0.15) is 47.7 Å². The van der Waals surface area contributed by atoms with E-state index >= 15 is 0 Å². The number of nitrogens with one attached hydrogen (secondary N) is 2. The second-order valence-electron chi connectivity index (χ2n) is 7.94. The third-order valence-corrected chi connectivity index (χ3v) is 5.85. The Bertz CT molecular complexity index is 871. The topological polar surface area (TPSA) is 57.3 Å². The van der Waals surface area contributed by atoms with Crippen LogP contribution < -0.4 is 10.9 Å². The van der Waals surface area contributed by atoms with Crippen LogP contribution in [0.4, 0.5) is 13.2 Å². The Morgan fingerprint density at radius 2 is 1.80 bits per heavy atom. The molecular formula is C22H25F3N4O. The zero-order valence-corrected chi connectivity index (χ0v) is 16.6. The standard InChI is InChI=1S/C22H25F3N4O/c23-22(24,25)17-6-4-15(5-7-17)14-18-2-1-3-19(27-18)16-9-12-29(13-10-16)21(30)20-8-11-26-28-20/h1-7,16,20,26,28H,8-14H2. The number of carbonyl (C=O) groups excluding carboxylic acids is 1. The fourth-order valence-corrected chi connectivity index (χ4v) is 4.13. The van der Waals surface area contributed by atoms with Gasteiger partial charge in [0.05, 0.1) is 5.56 Å². The summed E-state index contributed by atoms with van der Waals surface area (Å²) in [4.78, 5) is 19.2. The molecule has 1 unspecified atom stereocenters. The van der Waals surface area contributed by atoms with Gasteiger partial charge in [0.15, 0.2) is 0 Å². The van der Waals surface area contributed by atoms with Crippen molar-refractivity contribution in [3.63, 3.8) is 0 Å². The van der Waals surface area contributed by atoms with Gasteiger partial charge in [-0.05, 0) is 49.1 Å². The van der Waals surface area contributed by atoms with Crippen molar-refractivity contribution in [1.29, 1.82) is 0 Å². The number of halogens is 3. The monoisotopic (exact) mass is 418 g/mol. The summed E-state index contributed by atoms with van der Waals surface area (Å²) in [6.45, 7) is 2.24. The minimum atomic E-state index is -4.32.